The number of thiazole rings is 2. The van der Waals surface area contributed by atoms with Gasteiger partial charge in [0.25, 0.3) is 0 Å². The van der Waals surface area contributed by atoms with Crippen molar-refractivity contribution in [2.45, 2.75) is 27.7 Å². The zero-order chi connectivity index (χ0) is 31.4. The summed E-state index contributed by atoms with van der Waals surface area (Å²) in [5, 5.41) is 0. The number of H-pyrrole nitrogens is 4. The molecule has 0 aliphatic rings. The SMILES string of the molecule is Cc1cccc2[nH]c(=O)oc12.Cc1cccc2[nH]c(=O)sc12.Cc1cccc2oc(=O)[nH]c12.Cc1cccc2sc(=O)[nH]c12. The highest BCUT2D eigenvalue weighted by Gasteiger charge is 2.02. The number of hydrogen-bond acceptors (Lipinski definition) is 8. The molecule has 0 unspecified atom stereocenters. The Labute approximate surface area is 256 Å². The van der Waals surface area contributed by atoms with Gasteiger partial charge in [0.05, 0.1) is 31.5 Å². The van der Waals surface area contributed by atoms with E-state index in [0.29, 0.717) is 11.2 Å². The Morgan fingerprint density at radius 3 is 1.80 bits per heavy atom. The van der Waals surface area contributed by atoms with Gasteiger partial charge in [0.15, 0.2) is 11.2 Å². The lowest BCUT2D eigenvalue weighted by molar-refractivity contribution is 0.553. The monoisotopic (exact) mass is 628 g/mol. The van der Waals surface area contributed by atoms with Gasteiger partial charge in [-0.2, -0.15) is 0 Å². The molecule has 0 fully saturated rings. The molecular weight excluding hydrogens is 601 g/mol. The van der Waals surface area contributed by atoms with Gasteiger partial charge in [-0.3, -0.25) is 19.6 Å². The van der Waals surface area contributed by atoms with E-state index in [1.54, 1.807) is 6.07 Å². The van der Waals surface area contributed by atoms with Crippen molar-refractivity contribution in [3.8, 4) is 0 Å². The fraction of sp³-hybridized carbons (Fsp3) is 0.125. The van der Waals surface area contributed by atoms with Gasteiger partial charge in [-0.15, -0.1) is 0 Å². The maximum Gasteiger partial charge on any atom is 0.417 e. The lowest BCUT2D eigenvalue weighted by Gasteiger charge is -1.90. The third-order valence-corrected chi connectivity index (χ3v) is 8.50. The zero-order valence-corrected chi connectivity index (χ0v) is 25.8. The molecule has 12 heteroatoms. The van der Waals surface area contributed by atoms with Crippen molar-refractivity contribution in [2.24, 2.45) is 0 Å². The number of fused-ring (bicyclic) bond motifs is 4. The van der Waals surface area contributed by atoms with Crippen LogP contribution in [-0.4, -0.2) is 19.9 Å². The number of aromatic nitrogens is 4. The van der Waals surface area contributed by atoms with Gasteiger partial charge in [-0.1, -0.05) is 71.2 Å². The molecule has 4 heterocycles. The van der Waals surface area contributed by atoms with Crippen LogP contribution in [0.2, 0.25) is 0 Å². The Morgan fingerprint density at radius 1 is 0.523 bits per heavy atom. The summed E-state index contributed by atoms with van der Waals surface area (Å²) in [6.07, 6.45) is 0. The molecule has 4 aromatic carbocycles. The van der Waals surface area contributed by atoms with E-state index in [4.69, 9.17) is 8.83 Å². The Bertz CT molecular complexity index is 2100. The van der Waals surface area contributed by atoms with Gasteiger partial charge in [0, 0.05) is 0 Å². The molecule has 4 aromatic heterocycles. The predicted octanol–water partition coefficient (Wildman–Crippen LogP) is 6.66. The lowest BCUT2D eigenvalue weighted by atomic mass is 10.2. The molecule has 0 saturated carbocycles. The molecule has 0 amide bonds. The van der Waals surface area contributed by atoms with Crippen molar-refractivity contribution in [1.29, 1.82) is 0 Å². The number of hydrogen-bond donors (Lipinski definition) is 4. The fourth-order valence-electron chi connectivity index (χ4n) is 4.46. The van der Waals surface area contributed by atoms with Crippen LogP contribution in [0.5, 0.6) is 0 Å². The van der Waals surface area contributed by atoms with E-state index in [-0.39, 0.29) is 9.75 Å². The van der Waals surface area contributed by atoms with Crippen molar-refractivity contribution in [2.75, 3.05) is 0 Å². The van der Waals surface area contributed by atoms with Crippen LogP contribution >= 0.6 is 22.7 Å². The average molecular weight is 629 g/mol. The summed E-state index contributed by atoms with van der Waals surface area (Å²) >= 11 is 2.52. The van der Waals surface area contributed by atoms with E-state index < -0.39 is 11.5 Å². The topological polar surface area (TPSA) is 158 Å². The van der Waals surface area contributed by atoms with Crippen LogP contribution in [0, 0.1) is 27.7 Å². The summed E-state index contributed by atoms with van der Waals surface area (Å²) in [7, 11) is 0. The molecule has 10 nitrogen and oxygen atoms in total. The molecule has 4 N–H and O–H groups in total. The molecule has 8 aromatic rings. The molecule has 0 saturated heterocycles. The minimum Gasteiger partial charge on any atom is -0.408 e. The van der Waals surface area contributed by atoms with Gasteiger partial charge >= 0.3 is 21.3 Å². The second-order valence-corrected chi connectivity index (χ2v) is 11.9. The van der Waals surface area contributed by atoms with Crippen molar-refractivity contribution in [3.05, 3.63) is 135 Å². The van der Waals surface area contributed by atoms with E-state index in [1.807, 2.05) is 94.4 Å². The van der Waals surface area contributed by atoms with Gasteiger partial charge in [0.1, 0.15) is 0 Å². The standard InChI is InChI=1S/2C8H7NO2.2C8H7NOS/c1-5-3-2-4-6-7(5)9-8(10)11-6;1-5-3-2-4-6-7(5)11-8(10)9-6;1-5-3-2-4-6-7(5)9-8(10)11-6;1-5-3-2-4-6-7(5)11-8(10)9-6/h4*2-4H,1H3,(H,9,10). The van der Waals surface area contributed by atoms with Crippen LogP contribution in [0.1, 0.15) is 22.3 Å². The maximum atomic E-state index is 10.9. The zero-order valence-electron chi connectivity index (χ0n) is 24.2. The molecule has 0 bridgehead atoms. The first-order chi connectivity index (χ1) is 21.1. The Kier molecular flexibility index (Phi) is 8.93. The number of benzene rings is 4. The molecule has 8 rings (SSSR count). The Hall–Kier alpha value is -5.20. The van der Waals surface area contributed by atoms with Gasteiger partial charge in [0.2, 0.25) is 0 Å². The minimum absolute atomic E-state index is 0.0225. The second kappa shape index (κ2) is 13.0. The van der Waals surface area contributed by atoms with Gasteiger partial charge < -0.3 is 18.8 Å². The van der Waals surface area contributed by atoms with E-state index in [1.165, 1.54) is 22.7 Å². The largest absolute Gasteiger partial charge is 0.417 e. The quantitative estimate of drug-likeness (QED) is 0.147. The van der Waals surface area contributed by atoms with Gasteiger partial charge in [-0.05, 0) is 74.2 Å². The second-order valence-electron chi connectivity index (χ2n) is 9.86. The predicted molar refractivity (Wildman–Crippen MR) is 178 cm³/mol. The highest BCUT2D eigenvalue weighted by molar-refractivity contribution is 7.16. The first-order valence-corrected chi connectivity index (χ1v) is 15.1. The number of oxazole rings is 2. The van der Waals surface area contributed by atoms with Crippen LogP contribution in [0.15, 0.2) is 101 Å². The Balaban J connectivity index is 0.000000116. The van der Waals surface area contributed by atoms with Crippen LogP contribution in [0.4, 0.5) is 0 Å². The number of aromatic amines is 4. The van der Waals surface area contributed by atoms with Crippen molar-refractivity contribution < 1.29 is 8.83 Å². The van der Waals surface area contributed by atoms with E-state index >= 15 is 0 Å². The van der Waals surface area contributed by atoms with Crippen LogP contribution in [-0.2, 0) is 0 Å². The first-order valence-electron chi connectivity index (χ1n) is 13.4. The third-order valence-electron chi connectivity index (χ3n) is 6.62. The number of para-hydroxylation sites is 3. The fourth-order valence-corrected chi connectivity index (χ4v) is 6.07. The molecular formula is C32H28N4O6S2. The third kappa shape index (κ3) is 6.88. The minimum atomic E-state index is -0.394. The van der Waals surface area contributed by atoms with Crippen LogP contribution in [0.25, 0.3) is 42.6 Å². The smallest absolute Gasteiger partial charge is 0.408 e. The maximum absolute atomic E-state index is 10.9. The lowest BCUT2D eigenvalue weighted by Crippen LogP contribution is -1.93. The normalized spacial score (nSPS) is 10.6. The molecule has 0 aliphatic carbocycles. The highest BCUT2D eigenvalue weighted by atomic mass is 32.1. The molecule has 0 atom stereocenters. The van der Waals surface area contributed by atoms with E-state index in [9.17, 15) is 19.2 Å². The van der Waals surface area contributed by atoms with Crippen LogP contribution in [0.3, 0.4) is 0 Å². The number of rotatable bonds is 0. The van der Waals surface area contributed by atoms with Crippen molar-refractivity contribution in [1.82, 2.24) is 19.9 Å². The van der Waals surface area contributed by atoms with Gasteiger partial charge in [-0.25, -0.2) is 9.59 Å². The molecule has 224 valence electrons. The first kappa shape index (κ1) is 30.3. The summed E-state index contributed by atoms with van der Waals surface area (Å²) < 4.78 is 11.8. The average Bonchev–Trinajstić information content (AvgIpc) is 3.75. The number of aryl methyl sites for hydroxylation is 4. The summed E-state index contributed by atoms with van der Waals surface area (Å²) in [5.74, 6) is -0.788. The summed E-state index contributed by atoms with van der Waals surface area (Å²) in [6, 6.07) is 22.9. The number of nitrogens with one attached hydrogen (secondary N) is 4. The van der Waals surface area contributed by atoms with Crippen LogP contribution < -0.4 is 21.3 Å². The highest BCUT2D eigenvalue weighted by Crippen LogP contribution is 2.18. The summed E-state index contributed by atoms with van der Waals surface area (Å²) in [6.45, 7) is 7.82. The Morgan fingerprint density at radius 2 is 1.11 bits per heavy atom. The summed E-state index contributed by atoms with van der Waals surface area (Å²) in [4.78, 5) is 54.0. The molecule has 0 spiro atoms. The molecule has 44 heavy (non-hydrogen) atoms. The van der Waals surface area contributed by atoms with E-state index in [0.717, 1.165) is 53.7 Å². The van der Waals surface area contributed by atoms with Crippen molar-refractivity contribution in [3.63, 3.8) is 0 Å². The molecule has 0 aliphatic heterocycles. The van der Waals surface area contributed by atoms with Crippen molar-refractivity contribution >= 4 is 65.3 Å². The van der Waals surface area contributed by atoms with E-state index in [2.05, 4.69) is 19.9 Å². The summed E-state index contributed by atoms with van der Waals surface area (Å²) in [5.41, 5.74) is 9.02. The molecule has 0 radical (unpaired) electrons.